The Bertz CT molecular complexity index is 579. The van der Waals surface area contributed by atoms with Crippen LogP contribution in [-0.4, -0.2) is 0 Å². The molecule has 2 heteroatoms. The van der Waals surface area contributed by atoms with Crippen LogP contribution >= 0.6 is 0 Å². The van der Waals surface area contributed by atoms with Crippen LogP contribution in [0.4, 0.5) is 0 Å². The van der Waals surface area contributed by atoms with Crippen molar-refractivity contribution in [1.29, 1.82) is 10.5 Å². The van der Waals surface area contributed by atoms with Gasteiger partial charge in [0.1, 0.15) is 12.1 Å². The predicted octanol–water partition coefficient (Wildman–Crippen LogP) is 4.02. The molecule has 0 heterocycles. The Morgan fingerprint density at radius 2 is 1.05 bits per heavy atom. The van der Waals surface area contributed by atoms with E-state index in [0.29, 0.717) is 11.1 Å². The van der Waals surface area contributed by atoms with Crippen molar-refractivity contribution in [1.82, 2.24) is 0 Å². The average molecular weight is 252 g/mol. The highest BCUT2D eigenvalue weighted by atomic mass is 14.6. The van der Waals surface area contributed by atoms with Gasteiger partial charge in [-0.25, -0.2) is 0 Å². The molecule has 2 nitrogen and oxygen atoms in total. The predicted molar refractivity (Wildman–Crippen MR) is 75.7 cm³/mol. The second-order valence-corrected chi connectivity index (χ2v) is 7.04. The molecule has 0 unspecified atom stereocenters. The van der Waals surface area contributed by atoms with Crippen LogP contribution in [0.1, 0.15) is 63.8 Å². The second kappa shape index (κ2) is 3.61. The molecule has 0 bridgehead atoms. The molecule has 0 aromatic heterocycles. The van der Waals surface area contributed by atoms with Gasteiger partial charge in [0.05, 0.1) is 11.1 Å². The molecular formula is C17H20N2. The second-order valence-electron chi connectivity index (χ2n) is 7.04. The zero-order chi connectivity index (χ0) is 14.6. The van der Waals surface area contributed by atoms with Crippen molar-refractivity contribution >= 4 is 0 Å². The maximum absolute atomic E-state index is 9.21. The van der Waals surface area contributed by atoms with Crippen LogP contribution in [-0.2, 0) is 10.8 Å². The third-order valence-corrected chi connectivity index (χ3v) is 5.87. The third kappa shape index (κ3) is 1.41. The first-order valence-corrected chi connectivity index (χ1v) is 6.60. The smallest absolute Gasteiger partial charge is 0.101 e. The van der Waals surface area contributed by atoms with E-state index in [9.17, 15) is 10.5 Å². The molecule has 2 rings (SSSR count). The summed E-state index contributed by atoms with van der Waals surface area (Å²) in [5.74, 6) is 0. The quantitative estimate of drug-likeness (QED) is 0.700. The highest BCUT2D eigenvalue weighted by Crippen LogP contribution is 2.61. The van der Waals surface area contributed by atoms with Gasteiger partial charge < -0.3 is 0 Å². The minimum atomic E-state index is -0.0224. The fraction of sp³-hybridized carbons (Fsp3) is 0.529. The van der Waals surface area contributed by atoms with E-state index < -0.39 is 0 Å². The molecule has 98 valence electrons. The molecule has 1 aliphatic rings. The average Bonchev–Trinajstić information content (AvgIpc) is 2.44. The Morgan fingerprint density at radius 3 is 1.32 bits per heavy atom. The van der Waals surface area contributed by atoms with Gasteiger partial charge in [0.2, 0.25) is 0 Å². The number of rotatable bonds is 0. The van der Waals surface area contributed by atoms with Crippen molar-refractivity contribution in [2.24, 2.45) is 5.41 Å². The Balaban J connectivity index is 2.88. The molecule has 0 amide bonds. The van der Waals surface area contributed by atoms with Gasteiger partial charge in [-0.2, -0.15) is 10.5 Å². The van der Waals surface area contributed by atoms with E-state index in [1.54, 1.807) is 0 Å². The van der Waals surface area contributed by atoms with Crippen molar-refractivity contribution in [3.05, 3.63) is 34.4 Å². The summed E-state index contributed by atoms with van der Waals surface area (Å²) in [6.07, 6.45) is 0. The zero-order valence-electron chi connectivity index (χ0n) is 12.5. The van der Waals surface area contributed by atoms with Gasteiger partial charge in [-0.1, -0.05) is 41.5 Å². The molecule has 1 aromatic rings. The third-order valence-electron chi connectivity index (χ3n) is 5.87. The SMILES string of the molecule is CC1(C)c2cc(C#N)c(C#N)cc2C(C)(C)C1(C)C. The first-order valence-electron chi connectivity index (χ1n) is 6.60. The van der Waals surface area contributed by atoms with Crippen LogP contribution in [0, 0.1) is 28.1 Å². The Morgan fingerprint density at radius 1 is 0.737 bits per heavy atom. The largest absolute Gasteiger partial charge is 0.192 e. The van der Waals surface area contributed by atoms with Gasteiger partial charge in [-0.05, 0) is 39.5 Å². The highest BCUT2D eigenvalue weighted by Gasteiger charge is 2.56. The van der Waals surface area contributed by atoms with E-state index in [-0.39, 0.29) is 16.2 Å². The van der Waals surface area contributed by atoms with Crippen LogP contribution in [0.15, 0.2) is 12.1 Å². The summed E-state index contributed by atoms with van der Waals surface area (Å²) in [7, 11) is 0. The van der Waals surface area contributed by atoms with Gasteiger partial charge in [-0.15, -0.1) is 0 Å². The molecule has 0 saturated carbocycles. The molecule has 19 heavy (non-hydrogen) atoms. The Hall–Kier alpha value is -1.80. The topological polar surface area (TPSA) is 47.6 Å². The lowest BCUT2D eigenvalue weighted by Gasteiger charge is -2.44. The van der Waals surface area contributed by atoms with E-state index in [0.717, 1.165) is 0 Å². The first-order chi connectivity index (χ1) is 8.61. The standard InChI is InChI=1S/C17H20N2/c1-15(2)13-7-11(9-18)12(10-19)8-14(13)16(3,4)17(15,5)6/h7-8H,1-6H3. The highest BCUT2D eigenvalue weighted by molar-refractivity contribution is 5.58. The van der Waals surface area contributed by atoms with Crippen molar-refractivity contribution in [3.63, 3.8) is 0 Å². The fourth-order valence-corrected chi connectivity index (χ4v) is 3.27. The lowest BCUT2D eigenvalue weighted by Crippen LogP contribution is -2.42. The van der Waals surface area contributed by atoms with E-state index in [1.165, 1.54) is 11.1 Å². The van der Waals surface area contributed by atoms with Crippen LogP contribution in [0.5, 0.6) is 0 Å². The van der Waals surface area contributed by atoms with Gasteiger partial charge >= 0.3 is 0 Å². The first kappa shape index (κ1) is 13.6. The molecular weight excluding hydrogens is 232 g/mol. The minimum absolute atomic E-state index is 0.0224. The summed E-state index contributed by atoms with van der Waals surface area (Å²) >= 11 is 0. The van der Waals surface area contributed by atoms with Crippen molar-refractivity contribution in [2.45, 2.75) is 52.4 Å². The molecule has 0 spiro atoms. The molecule has 0 saturated heterocycles. The van der Waals surface area contributed by atoms with E-state index in [2.05, 4.69) is 53.7 Å². The maximum Gasteiger partial charge on any atom is 0.101 e. The van der Waals surface area contributed by atoms with Crippen LogP contribution in [0.3, 0.4) is 0 Å². The zero-order valence-corrected chi connectivity index (χ0v) is 12.5. The van der Waals surface area contributed by atoms with Crippen LogP contribution in [0.25, 0.3) is 0 Å². The Labute approximate surface area is 115 Å². The van der Waals surface area contributed by atoms with E-state index >= 15 is 0 Å². The molecule has 0 N–H and O–H groups in total. The van der Waals surface area contributed by atoms with Crippen molar-refractivity contribution in [2.75, 3.05) is 0 Å². The number of fused-ring (bicyclic) bond motifs is 1. The van der Waals surface area contributed by atoms with Gasteiger partial charge in [0, 0.05) is 0 Å². The van der Waals surface area contributed by atoms with Crippen LogP contribution < -0.4 is 0 Å². The number of hydrogen-bond acceptors (Lipinski definition) is 2. The molecule has 1 aliphatic carbocycles. The summed E-state index contributed by atoms with van der Waals surface area (Å²) < 4.78 is 0. The Kier molecular flexibility index (Phi) is 2.59. The van der Waals surface area contributed by atoms with Crippen molar-refractivity contribution < 1.29 is 0 Å². The lowest BCUT2D eigenvalue weighted by atomic mass is 9.59. The number of nitrogens with zero attached hydrogens (tertiary/aromatic N) is 2. The summed E-state index contributed by atoms with van der Waals surface area (Å²) in [6.45, 7) is 13.5. The van der Waals surface area contributed by atoms with Crippen LogP contribution in [0.2, 0.25) is 0 Å². The summed E-state index contributed by atoms with van der Waals surface area (Å²) in [5.41, 5.74) is 3.40. The number of hydrogen-bond donors (Lipinski definition) is 0. The monoisotopic (exact) mass is 252 g/mol. The summed E-state index contributed by atoms with van der Waals surface area (Å²) in [4.78, 5) is 0. The lowest BCUT2D eigenvalue weighted by molar-refractivity contribution is 0.125. The van der Waals surface area contributed by atoms with Gasteiger partial charge in [-0.3, -0.25) is 0 Å². The van der Waals surface area contributed by atoms with E-state index in [4.69, 9.17) is 0 Å². The van der Waals surface area contributed by atoms with Crippen molar-refractivity contribution in [3.8, 4) is 12.1 Å². The summed E-state index contributed by atoms with van der Waals surface area (Å²) in [5, 5.41) is 18.4. The molecule has 0 aliphatic heterocycles. The van der Waals surface area contributed by atoms with E-state index in [1.807, 2.05) is 12.1 Å². The van der Waals surface area contributed by atoms with Gasteiger partial charge in [0.15, 0.2) is 0 Å². The van der Waals surface area contributed by atoms with Gasteiger partial charge in [0.25, 0.3) is 0 Å². The normalized spacial score (nSPS) is 21.3. The molecule has 1 aromatic carbocycles. The molecule has 0 atom stereocenters. The molecule has 0 fully saturated rings. The molecule has 0 radical (unpaired) electrons. The number of benzene rings is 1. The minimum Gasteiger partial charge on any atom is -0.192 e. The summed E-state index contributed by atoms with van der Waals surface area (Å²) in [6, 6.07) is 8.13. The number of nitriles is 2. The maximum atomic E-state index is 9.21. The fourth-order valence-electron chi connectivity index (χ4n) is 3.27.